The molecule has 10 heteroatoms. The number of allylic oxidation sites excluding steroid dienone is 14. The van der Waals surface area contributed by atoms with Gasteiger partial charge in [0.15, 0.2) is 12.4 Å². The summed E-state index contributed by atoms with van der Waals surface area (Å²) in [6.07, 6.45) is 48.7. The molecule has 0 aromatic carbocycles. The summed E-state index contributed by atoms with van der Waals surface area (Å²) >= 11 is 0. The Hall–Kier alpha value is -3.12. The molecule has 0 aromatic rings. The number of carbonyl (C=O) groups excluding carboxylic acids is 2. The minimum Gasteiger partial charge on any atom is -0.462 e. The predicted molar refractivity (Wildman–Crippen MR) is 256 cm³/mol. The van der Waals surface area contributed by atoms with Gasteiger partial charge >= 0.3 is 11.9 Å². The maximum absolute atomic E-state index is 12.8. The molecule has 0 radical (unpaired) electrons. The SMILES string of the molecule is CC/C=C\C/C=C\C/C=C\C/C=C\CCCCCCCCCCCCC(=O)OC(COC(=O)CCCCCCC/C=C\C/C=C\C/C=C\CC)COC1OC(CO)C(O)C(O)C1O. The van der Waals surface area contributed by atoms with Crippen LogP contribution >= 0.6 is 0 Å². The highest BCUT2D eigenvalue weighted by Crippen LogP contribution is 2.23. The maximum Gasteiger partial charge on any atom is 0.306 e. The zero-order valence-corrected chi connectivity index (χ0v) is 39.3. The summed E-state index contributed by atoms with van der Waals surface area (Å²) in [6, 6.07) is 0. The van der Waals surface area contributed by atoms with Crippen molar-refractivity contribution in [3.63, 3.8) is 0 Å². The molecule has 0 amide bonds. The number of hydrogen-bond acceptors (Lipinski definition) is 10. The molecule has 1 aliphatic rings. The van der Waals surface area contributed by atoms with Crippen molar-refractivity contribution in [2.75, 3.05) is 19.8 Å². The van der Waals surface area contributed by atoms with Crippen molar-refractivity contribution < 1.29 is 49.0 Å². The fraction of sp³-hybridized carbons (Fsp3) is 0.698. The fourth-order valence-electron chi connectivity index (χ4n) is 6.96. The number of unbranched alkanes of at least 4 members (excludes halogenated alkanes) is 15. The van der Waals surface area contributed by atoms with Gasteiger partial charge in [0.1, 0.15) is 31.0 Å². The molecule has 360 valence electrons. The average Bonchev–Trinajstić information content (AvgIpc) is 3.28. The average molecular weight is 885 g/mol. The van der Waals surface area contributed by atoms with Crippen molar-refractivity contribution in [2.45, 2.75) is 218 Å². The first kappa shape index (κ1) is 57.9. The van der Waals surface area contributed by atoms with Crippen molar-refractivity contribution >= 4 is 11.9 Å². The van der Waals surface area contributed by atoms with Crippen LogP contribution in [0.1, 0.15) is 181 Å². The molecule has 4 N–H and O–H groups in total. The zero-order chi connectivity index (χ0) is 45.9. The quantitative estimate of drug-likeness (QED) is 0.0266. The zero-order valence-electron chi connectivity index (χ0n) is 39.3. The number of aliphatic hydroxyl groups excluding tert-OH is 4. The molecule has 0 aliphatic carbocycles. The van der Waals surface area contributed by atoms with Crippen LogP contribution in [0, 0.1) is 0 Å². The second-order valence-corrected chi connectivity index (χ2v) is 16.5. The summed E-state index contributed by atoms with van der Waals surface area (Å²) in [5.41, 5.74) is 0. The van der Waals surface area contributed by atoms with Gasteiger partial charge in [0.2, 0.25) is 0 Å². The van der Waals surface area contributed by atoms with E-state index in [2.05, 4.69) is 98.9 Å². The lowest BCUT2D eigenvalue weighted by Crippen LogP contribution is -2.59. The number of esters is 2. The third-order valence-electron chi connectivity index (χ3n) is 10.8. The highest BCUT2D eigenvalue weighted by atomic mass is 16.7. The Bertz CT molecular complexity index is 1300. The molecule has 0 spiro atoms. The molecule has 1 rings (SSSR count). The van der Waals surface area contributed by atoms with Gasteiger partial charge < -0.3 is 39.4 Å². The molecule has 0 saturated carbocycles. The van der Waals surface area contributed by atoms with Crippen LogP contribution in [0.15, 0.2) is 85.1 Å². The Kier molecular flexibility index (Phi) is 39.3. The number of aliphatic hydroxyl groups is 4. The highest BCUT2D eigenvalue weighted by molar-refractivity contribution is 5.70. The van der Waals surface area contributed by atoms with E-state index < -0.39 is 55.4 Å². The van der Waals surface area contributed by atoms with E-state index in [1.807, 2.05) is 0 Å². The van der Waals surface area contributed by atoms with Gasteiger partial charge in [-0.2, -0.15) is 0 Å². The van der Waals surface area contributed by atoms with E-state index in [1.54, 1.807) is 0 Å². The molecular formula is C53H88O10. The second kappa shape index (κ2) is 42.8. The van der Waals surface area contributed by atoms with Gasteiger partial charge in [0.25, 0.3) is 0 Å². The minimum atomic E-state index is -1.60. The predicted octanol–water partition coefficient (Wildman–Crippen LogP) is 11.3. The van der Waals surface area contributed by atoms with Crippen LogP contribution in [0.4, 0.5) is 0 Å². The molecule has 10 nitrogen and oxygen atoms in total. The van der Waals surface area contributed by atoms with Gasteiger partial charge in [-0.3, -0.25) is 9.59 Å². The largest absolute Gasteiger partial charge is 0.462 e. The summed E-state index contributed by atoms with van der Waals surface area (Å²) in [4.78, 5) is 25.4. The highest BCUT2D eigenvalue weighted by Gasteiger charge is 2.44. The van der Waals surface area contributed by atoms with Crippen LogP contribution in [0.3, 0.4) is 0 Å². The number of carbonyl (C=O) groups is 2. The Morgan fingerprint density at radius 3 is 1.33 bits per heavy atom. The normalized spacial score (nSPS) is 20.3. The summed E-state index contributed by atoms with van der Waals surface area (Å²) in [6.45, 7) is 3.17. The third-order valence-corrected chi connectivity index (χ3v) is 10.8. The van der Waals surface area contributed by atoms with Gasteiger partial charge in [-0.25, -0.2) is 0 Å². The van der Waals surface area contributed by atoms with Crippen LogP contribution in [0.5, 0.6) is 0 Å². The summed E-state index contributed by atoms with van der Waals surface area (Å²) in [5, 5.41) is 40.2. The molecule has 0 aromatic heterocycles. The Balaban J connectivity index is 2.28. The minimum absolute atomic E-state index is 0.216. The standard InChI is InChI=1S/C53H88O10/c1-3-5-7-9-11-13-15-17-19-20-21-22-23-24-25-26-28-30-32-34-36-38-40-42-49(56)62-46(45-61-53-52(59)51(58)50(57)47(43-54)63-53)44-60-48(55)41-39-37-35-33-31-29-27-18-16-14-12-10-8-6-4-2/h5-8,11-14,17-19,21-22,27,46-47,50-54,57-59H,3-4,9-10,15-16,20,23-26,28-45H2,1-2H3/b7-5-,8-6-,13-11-,14-12-,19-17-,22-21-,27-18-. The van der Waals surface area contributed by atoms with Crippen molar-refractivity contribution in [2.24, 2.45) is 0 Å². The van der Waals surface area contributed by atoms with Gasteiger partial charge in [0.05, 0.1) is 13.2 Å². The summed E-state index contributed by atoms with van der Waals surface area (Å²) in [5.74, 6) is -0.836. The Morgan fingerprint density at radius 1 is 0.492 bits per heavy atom. The van der Waals surface area contributed by atoms with E-state index in [4.69, 9.17) is 18.9 Å². The van der Waals surface area contributed by atoms with Gasteiger partial charge in [-0.05, 0) is 83.5 Å². The second-order valence-electron chi connectivity index (χ2n) is 16.5. The Morgan fingerprint density at radius 2 is 0.889 bits per heavy atom. The van der Waals surface area contributed by atoms with Gasteiger partial charge in [0, 0.05) is 12.8 Å². The molecule has 1 heterocycles. The molecule has 6 unspecified atom stereocenters. The first-order valence-electron chi connectivity index (χ1n) is 24.7. The summed E-state index contributed by atoms with van der Waals surface area (Å²) in [7, 11) is 0. The van der Waals surface area contributed by atoms with Crippen molar-refractivity contribution in [3.05, 3.63) is 85.1 Å². The van der Waals surface area contributed by atoms with Crippen LogP contribution < -0.4 is 0 Å². The lowest BCUT2D eigenvalue weighted by atomic mass is 9.99. The maximum atomic E-state index is 12.8. The molecule has 0 bridgehead atoms. The Labute approximate surface area is 382 Å². The van der Waals surface area contributed by atoms with Crippen molar-refractivity contribution in [3.8, 4) is 0 Å². The van der Waals surface area contributed by atoms with Crippen molar-refractivity contribution in [1.29, 1.82) is 0 Å². The first-order chi connectivity index (χ1) is 30.8. The third kappa shape index (κ3) is 34.0. The van der Waals surface area contributed by atoms with Crippen LogP contribution in [-0.2, 0) is 28.5 Å². The van der Waals surface area contributed by atoms with Crippen molar-refractivity contribution in [1.82, 2.24) is 0 Å². The smallest absolute Gasteiger partial charge is 0.306 e. The fourth-order valence-corrected chi connectivity index (χ4v) is 6.96. The lowest BCUT2D eigenvalue weighted by molar-refractivity contribution is -0.305. The van der Waals surface area contributed by atoms with Crippen LogP contribution in [0.2, 0.25) is 0 Å². The molecular weight excluding hydrogens is 797 g/mol. The van der Waals surface area contributed by atoms with Gasteiger partial charge in [-0.1, -0.05) is 170 Å². The molecule has 1 aliphatic heterocycles. The van der Waals surface area contributed by atoms with Crippen LogP contribution in [-0.4, -0.2) is 89.0 Å². The van der Waals surface area contributed by atoms with E-state index in [0.717, 1.165) is 103 Å². The lowest BCUT2D eigenvalue weighted by Gasteiger charge is -2.39. The van der Waals surface area contributed by atoms with E-state index >= 15 is 0 Å². The summed E-state index contributed by atoms with van der Waals surface area (Å²) < 4.78 is 22.2. The molecule has 1 saturated heterocycles. The first-order valence-corrected chi connectivity index (χ1v) is 24.7. The van der Waals surface area contributed by atoms with Gasteiger partial charge in [-0.15, -0.1) is 0 Å². The monoisotopic (exact) mass is 885 g/mol. The van der Waals surface area contributed by atoms with E-state index in [9.17, 15) is 30.0 Å². The van der Waals surface area contributed by atoms with E-state index in [0.29, 0.717) is 12.8 Å². The number of rotatable bonds is 40. The number of hydrogen-bond donors (Lipinski definition) is 4. The molecule has 6 atom stereocenters. The molecule has 1 fully saturated rings. The number of ether oxygens (including phenoxy) is 4. The van der Waals surface area contributed by atoms with E-state index in [1.165, 1.54) is 38.5 Å². The topological polar surface area (TPSA) is 152 Å². The van der Waals surface area contributed by atoms with E-state index in [-0.39, 0.29) is 26.1 Å². The van der Waals surface area contributed by atoms with Crippen LogP contribution in [0.25, 0.3) is 0 Å². The molecule has 63 heavy (non-hydrogen) atoms.